The van der Waals surface area contributed by atoms with Gasteiger partial charge >= 0.3 is 5.97 Å². The molecule has 1 amide bonds. The van der Waals surface area contributed by atoms with E-state index < -0.39 is 27.3 Å². The van der Waals surface area contributed by atoms with E-state index in [1.807, 2.05) is 0 Å². The second-order valence-electron chi connectivity index (χ2n) is 5.89. The summed E-state index contributed by atoms with van der Waals surface area (Å²) >= 11 is 0. The van der Waals surface area contributed by atoms with E-state index in [1.165, 1.54) is 55.1 Å². The Morgan fingerprint density at radius 2 is 1.80 bits per heavy atom. The van der Waals surface area contributed by atoms with Crippen molar-refractivity contribution in [1.82, 2.24) is 9.78 Å². The smallest absolute Gasteiger partial charge is 0.331 e. The summed E-state index contributed by atoms with van der Waals surface area (Å²) in [6.45, 7) is 4.52. The molecule has 0 spiro atoms. The largest absolute Gasteiger partial charge is 0.479 e. The molecular formula is C16H19N3O5S. The normalized spacial score (nSPS) is 12.0. The maximum absolute atomic E-state index is 12.2. The van der Waals surface area contributed by atoms with Gasteiger partial charge in [-0.15, -0.1) is 0 Å². The standard InChI is InChI=1S/C16H19N3O5S/c1-4-25(23,24)12-7-5-11(6-8-12)14(20)17-13-9-10-19(18-13)16(2,3)15(21)22/h5-10H,4H2,1-3H3,(H,21,22)(H,17,18,20). The number of aliphatic carboxylic acids is 1. The zero-order valence-electron chi connectivity index (χ0n) is 14.1. The van der Waals surface area contributed by atoms with Crippen molar-refractivity contribution in [3.05, 3.63) is 42.1 Å². The summed E-state index contributed by atoms with van der Waals surface area (Å²) < 4.78 is 24.8. The Morgan fingerprint density at radius 1 is 1.20 bits per heavy atom. The van der Waals surface area contributed by atoms with Crippen LogP contribution in [0.25, 0.3) is 0 Å². The number of hydrogen-bond donors (Lipinski definition) is 2. The summed E-state index contributed by atoms with van der Waals surface area (Å²) in [6, 6.07) is 7.06. The van der Waals surface area contributed by atoms with Crippen LogP contribution in [0, 0.1) is 0 Å². The third kappa shape index (κ3) is 3.87. The van der Waals surface area contributed by atoms with E-state index in [-0.39, 0.29) is 22.0 Å². The maximum Gasteiger partial charge on any atom is 0.331 e. The van der Waals surface area contributed by atoms with Crippen LogP contribution in [0.2, 0.25) is 0 Å². The van der Waals surface area contributed by atoms with Crippen LogP contribution in [0.5, 0.6) is 0 Å². The number of sulfone groups is 1. The van der Waals surface area contributed by atoms with Crippen molar-refractivity contribution in [3.63, 3.8) is 0 Å². The minimum Gasteiger partial charge on any atom is -0.479 e. The lowest BCUT2D eigenvalue weighted by Crippen LogP contribution is -2.36. The van der Waals surface area contributed by atoms with Gasteiger partial charge in [-0.1, -0.05) is 6.92 Å². The Hall–Kier alpha value is -2.68. The predicted octanol–water partition coefficient (Wildman–Crippen LogP) is 1.75. The molecule has 0 saturated heterocycles. The molecule has 2 N–H and O–H groups in total. The van der Waals surface area contributed by atoms with Gasteiger partial charge in [0.25, 0.3) is 5.91 Å². The van der Waals surface area contributed by atoms with E-state index >= 15 is 0 Å². The average molecular weight is 365 g/mol. The van der Waals surface area contributed by atoms with Crippen LogP contribution >= 0.6 is 0 Å². The Bertz CT molecular complexity index is 898. The van der Waals surface area contributed by atoms with E-state index in [4.69, 9.17) is 0 Å². The first-order chi connectivity index (χ1) is 11.6. The van der Waals surface area contributed by atoms with Gasteiger partial charge in [0.2, 0.25) is 0 Å². The number of rotatable bonds is 6. The summed E-state index contributed by atoms with van der Waals surface area (Å²) in [7, 11) is -3.32. The highest BCUT2D eigenvalue weighted by atomic mass is 32.2. The van der Waals surface area contributed by atoms with Crippen molar-refractivity contribution in [3.8, 4) is 0 Å². The minimum absolute atomic E-state index is 0.0185. The SMILES string of the molecule is CCS(=O)(=O)c1ccc(C(=O)Nc2ccn(C(C)(C)C(=O)O)n2)cc1. The van der Waals surface area contributed by atoms with Crippen LogP contribution in [0.1, 0.15) is 31.1 Å². The molecule has 0 fully saturated rings. The van der Waals surface area contributed by atoms with Gasteiger partial charge in [-0.25, -0.2) is 13.2 Å². The Labute approximate surface area is 145 Å². The van der Waals surface area contributed by atoms with E-state index in [9.17, 15) is 23.1 Å². The molecule has 1 aromatic carbocycles. The van der Waals surface area contributed by atoms with Gasteiger partial charge in [0, 0.05) is 17.8 Å². The van der Waals surface area contributed by atoms with Crippen LogP contribution in [-0.2, 0) is 20.2 Å². The van der Waals surface area contributed by atoms with Crippen LogP contribution < -0.4 is 5.32 Å². The molecule has 0 aliphatic heterocycles. The van der Waals surface area contributed by atoms with Crippen molar-refractivity contribution in [2.24, 2.45) is 0 Å². The lowest BCUT2D eigenvalue weighted by molar-refractivity contribution is -0.146. The first-order valence-electron chi connectivity index (χ1n) is 7.51. The van der Waals surface area contributed by atoms with Crippen LogP contribution in [0.3, 0.4) is 0 Å². The molecule has 134 valence electrons. The van der Waals surface area contributed by atoms with Crippen molar-refractivity contribution in [1.29, 1.82) is 0 Å². The Morgan fingerprint density at radius 3 is 2.32 bits per heavy atom. The molecule has 2 rings (SSSR count). The fraction of sp³-hybridized carbons (Fsp3) is 0.312. The van der Waals surface area contributed by atoms with E-state index in [2.05, 4.69) is 10.4 Å². The molecule has 0 aliphatic rings. The van der Waals surface area contributed by atoms with Crippen LogP contribution in [-0.4, -0.2) is 40.9 Å². The third-order valence-electron chi connectivity index (χ3n) is 3.78. The third-order valence-corrected chi connectivity index (χ3v) is 5.53. The lowest BCUT2D eigenvalue weighted by Gasteiger charge is -2.19. The van der Waals surface area contributed by atoms with Gasteiger partial charge in [-0.2, -0.15) is 5.10 Å². The average Bonchev–Trinajstić information content (AvgIpc) is 3.04. The van der Waals surface area contributed by atoms with Gasteiger partial charge < -0.3 is 10.4 Å². The number of aromatic nitrogens is 2. The summed E-state index contributed by atoms with van der Waals surface area (Å²) in [5.74, 6) is -1.35. The first-order valence-corrected chi connectivity index (χ1v) is 9.17. The molecule has 1 aromatic heterocycles. The van der Waals surface area contributed by atoms with Crippen LogP contribution in [0.15, 0.2) is 41.4 Å². The van der Waals surface area contributed by atoms with Gasteiger partial charge in [-0.3, -0.25) is 9.48 Å². The number of hydrogen-bond acceptors (Lipinski definition) is 5. The molecule has 0 bridgehead atoms. The summed E-state index contributed by atoms with van der Waals surface area (Å²) in [5, 5.41) is 15.8. The number of benzene rings is 1. The van der Waals surface area contributed by atoms with Crippen molar-refractivity contribution < 1.29 is 23.1 Å². The van der Waals surface area contributed by atoms with Gasteiger partial charge in [0.1, 0.15) is 0 Å². The fourth-order valence-electron chi connectivity index (χ4n) is 1.97. The molecular weight excluding hydrogens is 346 g/mol. The zero-order valence-corrected chi connectivity index (χ0v) is 14.9. The summed E-state index contributed by atoms with van der Waals surface area (Å²) in [5.41, 5.74) is -0.985. The number of amides is 1. The number of anilines is 1. The highest BCUT2D eigenvalue weighted by Gasteiger charge is 2.30. The maximum atomic E-state index is 12.2. The second-order valence-corrected chi connectivity index (χ2v) is 8.17. The topological polar surface area (TPSA) is 118 Å². The van der Waals surface area contributed by atoms with E-state index in [0.29, 0.717) is 0 Å². The van der Waals surface area contributed by atoms with Crippen molar-refractivity contribution >= 4 is 27.5 Å². The Balaban J connectivity index is 2.16. The number of carbonyl (C=O) groups is 2. The number of nitrogens with one attached hydrogen (secondary N) is 1. The van der Waals surface area contributed by atoms with Gasteiger partial charge in [0.05, 0.1) is 10.6 Å². The van der Waals surface area contributed by atoms with E-state index in [0.717, 1.165) is 0 Å². The molecule has 0 atom stereocenters. The summed E-state index contributed by atoms with van der Waals surface area (Å²) in [4.78, 5) is 23.6. The molecule has 9 heteroatoms. The highest BCUT2D eigenvalue weighted by molar-refractivity contribution is 7.91. The van der Waals surface area contributed by atoms with Gasteiger partial charge in [0.15, 0.2) is 21.2 Å². The quantitative estimate of drug-likeness (QED) is 0.805. The first kappa shape index (κ1) is 18.7. The molecule has 0 aliphatic carbocycles. The van der Waals surface area contributed by atoms with E-state index in [1.54, 1.807) is 6.92 Å². The predicted molar refractivity (Wildman–Crippen MR) is 91.3 cm³/mol. The molecule has 8 nitrogen and oxygen atoms in total. The fourth-order valence-corrected chi connectivity index (χ4v) is 2.85. The molecule has 0 unspecified atom stereocenters. The number of carbonyl (C=O) groups excluding carboxylic acids is 1. The molecule has 1 heterocycles. The van der Waals surface area contributed by atoms with Gasteiger partial charge in [-0.05, 0) is 38.1 Å². The number of carboxylic acids is 1. The molecule has 0 radical (unpaired) electrons. The molecule has 2 aromatic rings. The molecule has 25 heavy (non-hydrogen) atoms. The lowest BCUT2D eigenvalue weighted by atomic mass is 10.1. The van der Waals surface area contributed by atoms with Crippen LogP contribution in [0.4, 0.5) is 5.82 Å². The van der Waals surface area contributed by atoms with Crippen molar-refractivity contribution in [2.75, 3.05) is 11.1 Å². The molecule has 0 saturated carbocycles. The zero-order chi connectivity index (χ0) is 18.8. The monoisotopic (exact) mass is 365 g/mol. The minimum atomic E-state index is -3.32. The van der Waals surface area contributed by atoms with Crippen molar-refractivity contribution in [2.45, 2.75) is 31.2 Å². The second kappa shape index (κ2) is 6.67. The number of nitrogens with zero attached hydrogens (tertiary/aromatic N) is 2. The highest BCUT2D eigenvalue weighted by Crippen LogP contribution is 2.17. The Kier molecular flexibility index (Phi) is 4.98. The summed E-state index contributed by atoms with van der Waals surface area (Å²) in [6.07, 6.45) is 1.46. The number of carboxylic acid groups (broad SMARTS) is 1.